The second-order valence-corrected chi connectivity index (χ2v) is 13.2. The van der Waals surface area contributed by atoms with Gasteiger partial charge < -0.3 is 28.8 Å². The fourth-order valence-electron chi connectivity index (χ4n) is 4.01. The number of phosphoric acid groups is 1. The van der Waals surface area contributed by atoms with Crippen LogP contribution in [0, 0.1) is 0 Å². The zero-order chi connectivity index (χ0) is 30.1. The number of unbranched alkanes of at least 4 members (excludes halogenated alkanes) is 12. The number of carbonyl (C=O) groups excluding carboxylic acids is 1. The molecule has 0 saturated heterocycles. The van der Waals surface area contributed by atoms with E-state index in [1.807, 2.05) is 27.2 Å². The Bertz CT molecular complexity index is 723. The molecule has 236 valence electrons. The molecule has 0 aromatic heterocycles. The molecule has 0 fully saturated rings. The Morgan fingerprint density at radius 2 is 1.40 bits per heavy atom. The molecule has 0 aliphatic heterocycles. The number of nitrogens with zero attached hydrogens (tertiary/aromatic N) is 1. The lowest BCUT2D eigenvalue weighted by atomic mass is 10.1. The summed E-state index contributed by atoms with van der Waals surface area (Å²) in [5.41, 5.74) is 0. The van der Waals surface area contributed by atoms with Crippen molar-refractivity contribution >= 4 is 13.7 Å². The van der Waals surface area contributed by atoms with Gasteiger partial charge in [-0.2, -0.15) is 0 Å². The number of amides is 1. The molecule has 1 amide bonds. The second kappa shape index (κ2) is 24.6. The monoisotopic (exact) mass is 588 g/mol. The lowest BCUT2D eigenvalue weighted by Crippen LogP contribution is -2.45. The van der Waals surface area contributed by atoms with Gasteiger partial charge in [-0.3, -0.25) is 9.36 Å². The van der Waals surface area contributed by atoms with Gasteiger partial charge in [0.15, 0.2) is 0 Å². The Balaban J connectivity index is 4.40. The van der Waals surface area contributed by atoms with Gasteiger partial charge in [-0.25, -0.2) is 0 Å². The zero-order valence-electron chi connectivity index (χ0n) is 26.3. The standard InChI is InChI=1S/C31H61N2O6P/c1-6-8-10-12-13-14-15-16-17-18-19-20-21-23-25-31(35)32-29(30(34)24-22-11-9-7-2)28-39-40(36,37)38-27-26-33(3,4)5/h15-16,22,24,29-30,34H,6-14,17-21,23,25-28H2,1-5H3,(H-,32,35,36,37)/b16-15-,24-22+. The molecule has 0 spiro atoms. The predicted octanol–water partition coefficient (Wildman–Crippen LogP) is 6.43. The predicted molar refractivity (Wildman–Crippen MR) is 164 cm³/mol. The van der Waals surface area contributed by atoms with Crippen LogP contribution in [0.25, 0.3) is 0 Å². The van der Waals surface area contributed by atoms with Crippen LogP contribution in [0.3, 0.4) is 0 Å². The van der Waals surface area contributed by atoms with E-state index in [0.29, 0.717) is 17.4 Å². The van der Waals surface area contributed by atoms with E-state index in [-0.39, 0.29) is 19.1 Å². The summed E-state index contributed by atoms with van der Waals surface area (Å²) in [6.07, 6.45) is 24.2. The highest BCUT2D eigenvalue weighted by molar-refractivity contribution is 7.45. The van der Waals surface area contributed by atoms with Crippen LogP contribution in [0.5, 0.6) is 0 Å². The van der Waals surface area contributed by atoms with Gasteiger partial charge in [-0.05, 0) is 38.5 Å². The Morgan fingerprint density at radius 3 is 2.00 bits per heavy atom. The molecular weight excluding hydrogens is 527 g/mol. The van der Waals surface area contributed by atoms with Gasteiger partial charge in [-0.1, -0.05) is 95.9 Å². The van der Waals surface area contributed by atoms with Crippen LogP contribution >= 0.6 is 7.82 Å². The third-order valence-electron chi connectivity index (χ3n) is 6.66. The smallest absolute Gasteiger partial charge is 0.268 e. The molecule has 0 aliphatic carbocycles. The summed E-state index contributed by atoms with van der Waals surface area (Å²) < 4.78 is 22.8. The average molecular weight is 589 g/mol. The number of hydrogen-bond acceptors (Lipinski definition) is 6. The maximum absolute atomic E-state index is 12.6. The molecule has 2 N–H and O–H groups in total. The molecule has 8 nitrogen and oxygen atoms in total. The molecule has 0 aliphatic rings. The normalized spacial score (nSPS) is 15.5. The minimum atomic E-state index is -4.56. The van der Waals surface area contributed by atoms with Crippen LogP contribution in [0.2, 0.25) is 0 Å². The van der Waals surface area contributed by atoms with Crippen molar-refractivity contribution in [3.63, 3.8) is 0 Å². The fourth-order valence-corrected chi connectivity index (χ4v) is 4.73. The molecule has 0 saturated carbocycles. The third kappa shape index (κ3) is 25.9. The minimum Gasteiger partial charge on any atom is -0.756 e. The SMILES string of the molecule is CCCC/C=C/C(O)C(COP(=O)([O-])OCC[N+](C)(C)C)NC(=O)CCCCCCC/C=C\CCCCCCC. The average Bonchev–Trinajstić information content (AvgIpc) is 2.88. The van der Waals surface area contributed by atoms with E-state index >= 15 is 0 Å². The van der Waals surface area contributed by atoms with Crippen molar-refractivity contribution in [3.8, 4) is 0 Å². The first-order valence-electron chi connectivity index (χ1n) is 15.7. The van der Waals surface area contributed by atoms with Gasteiger partial charge in [0.2, 0.25) is 5.91 Å². The maximum atomic E-state index is 12.6. The number of allylic oxidation sites excluding steroid dienone is 3. The Morgan fingerprint density at radius 1 is 0.850 bits per heavy atom. The van der Waals surface area contributed by atoms with Crippen LogP contribution in [0.1, 0.15) is 117 Å². The second-order valence-electron chi connectivity index (χ2n) is 11.8. The first kappa shape index (κ1) is 39.0. The van der Waals surface area contributed by atoms with Crippen molar-refractivity contribution < 1.29 is 32.9 Å². The van der Waals surface area contributed by atoms with E-state index < -0.39 is 20.0 Å². The highest BCUT2D eigenvalue weighted by Crippen LogP contribution is 2.38. The first-order valence-corrected chi connectivity index (χ1v) is 17.2. The van der Waals surface area contributed by atoms with Crippen molar-refractivity contribution in [2.24, 2.45) is 0 Å². The van der Waals surface area contributed by atoms with E-state index in [1.54, 1.807) is 6.08 Å². The fraction of sp³-hybridized carbons (Fsp3) is 0.839. The first-order chi connectivity index (χ1) is 19.0. The van der Waals surface area contributed by atoms with Crippen molar-refractivity contribution in [3.05, 3.63) is 24.3 Å². The van der Waals surface area contributed by atoms with Gasteiger partial charge in [0.05, 0.1) is 39.9 Å². The lowest BCUT2D eigenvalue weighted by Gasteiger charge is -2.29. The molecule has 0 bridgehead atoms. The molecule has 0 radical (unpaired) electrons. The van der Waals surface area contributed by atoms with E-state index in [2.05, 4.69) is 31.3 Å². The highest BCUT2D eigenvalue weighted by Gasteiger charge is 2.23. The molecule has 3 unspecified atom stereocenters. The van der Waals surface area contributed by atoms with Crippen LogP contribution in [0.4, 0.5) is 0 Å². The van der Waals surface area contributed by atoms with Crippen molar-refractivity contribution in [1.29, 1.82) is 0 Å². The van der Waals surface area contributed by atoms with Crippen molar-refractivity contribution in [2.75, 3.05) is 40.9 Å². The molecular formula is C31H61N2O6P. The van der Waals surface area contributed by atoms with Gasteiger partial charge in [0.25, 0.3) is 7.82 Å². The number of aliphatic hydroxyl groups is 1. The van der Waals surface area contributed by atoms with Crippen molar-refractivity contribution in [2.45, 2.75) is 129 Å². The number of rotatable bonds is 27. The Kier molecular flexibility index (Phi) is 23.9. The summed E-state index contributed by atoms with van der Waals surface area (Å²) in [6, 6.07) is -0.881. The molecule has 3 atom stereocenters. The van der Waals surface area contributed by atoms with E-state index in [0.717, 1.165) is 51.4 Å². The highest BCUT2D eigenvalue weighted by atomic mass is 31.2. The van der Waals surface area contributed by atoms with Crippen LogP contribution in [-0.4, -0.2) is 68.5 Å². The quantitative estimate of drug-likeness (QED) is 0.0495. The van der Waals surface area contributed by atoms with Gasteiger partial charge >= 0.3 is 0 Å². The molecule has 0 rings (SSSR count). The number of aliphatic hydroxyl groups excluding tert-OH is 1. The summed E-state index contributed by atoms with van der Waals surface area (Å²) in [4.78, 5) is 24.8. The van der Waals surface area contributed by atoms with E-state index in [9.17, 15) is 19.4 Å². The molecule has 40 heavy (non-hydrogen) atoms. The molecule has 0 aromatic carbocycles. The Hall–Kier alpha value is -1.02. The Labute approximate surface area is 245 Å². The number of hydrogen-bond donors (Lipinski definition) is 2. The lowest BCUT2D eigenvalue weighted by molar-refractivity contribution is -0.870. The largest absolute Gasteiger partial charge is 0.756 e. The van der Waals surface area contributed by atoms with Gasteiger partial charge in [0, 0.05) is 6.42 Å². The molecule has 0 heterocycles. The number of carbonyl (C=O) groups is 1. The van der Waals surface area contributed by atoms with Gasteiger partial charge in [-0.15, -0.1) is 0 Å². The van der Waals surface area contributed by atoms with Gasteiger partial charge in [0.1, 0.15) is 13.2 Å². The summed E-state index contributed by atoms with van der Waals surface area (Å²) in [7, 11) is 1.24. The number of likely N-dealkylation sites (N-methyl/N-ethyl adjacent to an activating group) is 1. The summed E-state index contributed by atoms with van der Waals surface area (Å²) in [5.74, 6) is -0.219. The van der Waals surface area contributed by atoms with Crippen LogP contribution in [-0.2, 0) is 18.4 Å². The summed E-state index contributed by atoms with van der Waals surface area (Å²) in [6.45, 7) is 4.43. The number of quaternary nitrogens is 1. The maximum Gasteiger partial charge on any atom is 0.268 e. The summed E-state index contributed by atoms with van der Waals surface area (Å²) >= 11 is 0. The number of nitrogens with one attached hydrogen (secondary N) is 1. The molecule has 0 aromatic rings. The summed E-state index contributed by atoms with van der Waals surface area (Å²) in [5, 5.41) is 13.4. The van der Waals surface area contributed by atoms with E-state index in [4.69, 9.17) is 9.05 Å². The zero-order valence-corrected chi connectivity index (χ0v) is 27.2. The number of phosphoric ester groups is 1. The minimum absolute atomic E-state index is 0.00378. The third-order valence-corrected chi connectivity index (χ3v) is 7.62. The topological polar surface area (TPSA) is 108 Å². The van der Waals surface area contributed by atoms with Crippen molar-refractivity contribution in [1.82, 2.24) is 5.32 Å². The van der Waals surface area contributed by atoms with Crippen LogP contribution in [0.15, 0.2) is 24.3 Å². The van der Waals surface area contributed by atoms with E-state index in [1.165, 1.54) is 44.9 Å². The molecule has 9 heteroatoms. The van der Waals surface area contributed by atoms with Crippen LogP contribution < -0.4 is 10.2 Å².